The smallest absolute Gasteiger partial charge is 0.433 e. The van der Waals surface area contributed by atoms with E-state index in [9.17, 15) is 53.9 Å². The first-order valence-corrected chi connectivity index (χ1v) is 34.3. The second kappa shape index (κ2) is 32.0. The fourth-order valence-electron chi connectivity index (χ4n) is 13.2. The molecule has 6 aromatic rings. The van der Waals surface area contributed by atoms with Crippen LogP contribution in [0.5, 0.6) is 0 Å². The van der Waals surface area contributed by atoms with Crippen molar-refractivity contribution in [3.8, 4) is 0 Å². The minimum Gasteiger partial charge on any atom is -0.444 e. The largest absolute Gasteiger partial charge is 0.444 e. The lowest BCUT2D eigenvalue weighted by Gasteiger charge is -2.45. The van der Waals surface area contributed by atoms with Crippen molar-refractivity contribution in [2.75, 3.05) is 39.3 Å². The number of nitrogens with zero attached hydrogens (tertiary/aromatic N) is 5. The number of aldehydes is 1. The van der Waals surface area contributed by atoms with E-state index >= 15 is 0 Å². The number of rotatable bonds is 22. The number of nitrogens with one attached hydrogen (secondary N) is 3. The minimum absolute atomic E-state index is 0.0694. The molecule has 6 atom stereocenters. The summed E-state index contributed by atoms with van der Waals surface area (Å²) in [5.41, 5.74) is 8.13. The third-order valence-corrected chi connectivity index (χ3v) is 19.6. The van der Waals surface area contributed by atoms with E-state index in [-0.39, 0.29) is 46.1 Å². The zero-order valence-electron chi connectivity index (χ0n) is 57.3. The van der Waals surface area contributed by atoms with Gasteiger partial charge in [0.2, 0.25) is 0 Å². The molecule has 0 spiro atoms. The maximum Gasteiger partial charge on any atom is 0.433 e. The Kier molecular flexibility index (Phi) is 24.5. The van der Waals surface area contributed by atoms with E-state index in [1.807, 2.05) is 75.6 Å². The Morgan fingerprint density at radius 3 is 1.19 bits per heavy atom. The molecule has 23 heteroatoms. The van der Waals surface area contributed by atoms with Crippen LogP contribution in [0.2, 0.25) is 0 Å². The van der Waals surface area contributed by atoms with Crippen molar-refractivity contribution < 1.29 is 63.4 Å². The quantitative estimate of drug-likeness (QED) is 0.0374. The molecule has 0 saturated heterocycles. The van der Waals surface area contributed by atoms with Crippen molar-refractivity contribution >= 4 is 18.5 Å². The summed E-state index contributed by atoms with van der Waals surface area (Å²) in [7, 11) is 0. The van der Waals surface area contributed by atoms with Crippen molar-refractivity contribution in [1.29, 1.82) is 0 Å². The highest BCUT2D eigenvalue weighted by Crippen LogP contribution is 2.51. The van der Waals surface area contributed by atoms with Crippen molar-refractivity contribution in [2.45, 2.75) is 197 Å². The molecule has 3 aromatic carbocycles. The Morgan fingerprint density at radius 2 is 0.869 bits per heavy atom. The zero-order valence-corrected chi connectivity index (χ0v) is 57.3. The number of carbonyl (C=O) groups is 3. The topological polar surface area (TPSA) is 177 Å². The molecule has 0 aliphatic heterocycles. The van der Waals surface area contributed by atoms with Crippen LogP contribution in [0, 0.1) is 16.2 Å². The minimum atomic E-state index is -4.44. The van der Waals surface area contributed by atoms with E-state index in [1.54, 1.807) is 0 Å². The van der Waals surface area contributed by atoms with E-state index in [0.717, 1.165) is 101 Å². The molecule has 6 saturated carbocycles. The van der Waals surface area contributed by atoms with E-state index in [0.29, 0.717) is 68.4 Å². The fraction of sp³-hybridized carbons (Fsp3) is 0.526. The molecule has 2 amide bonds. The number of halogens is 9. The van der Waals surface area contributed by atoms with E-state index in [2.05, 4.69) is 97.6 Å². The molecule has 0 bridgehead atoms. The number of carbonyl (C=O) groups excluding carboxylic acids is 3. The molecule has 6 aliphatic carbocycles. The van der Waals surface area contributed by atoms with Crippen molar-refractivity contribution in [3.05, 3.63) is 196 Å². The third-order valence-electron chi connectivity index (χ3n) is 19.6. The summed E-state index contributed by atoms with van der Waals surface area (Å²) in [6, 6.07) is 39.2. The van der Waals surface area contributed by atoms with Crippen molar-refractivity contribution in [3.63, 3.8) is 0 Å². The Labute approximate surface area is 575 Å². The van der Waals surface area contributed by atoms with Crippen LogP contribution in [0.4, 0.5) is 49.1 Å². The second-order valence-electron chi connectivity index (χ2n) is 29.8. The zero-order chi connectivity index (χ0) is 71.4. The molecule has 0 radical (unpaired) electrons. The van der Waals surface area contributed by atoms with Gasteiger partial charge in [-0.05, 0) is 163 Å². The van der Waals surface area contributed by atoms with Gasteiger partial charge in [-0.25, -0.2) is 9.59 Å². The molecule has 14 nitrogen and oxygen atoms in total. The number of benzene rings is 3. The lowest BCUT2D eigenvalue weighted by molar-refractivity contribution is -0.142. The van der Waals surface area contributed by atoms with E-state index in [4.69, 9.17) is 15.2 Å². The average Bonchev–Trinajstić information content (AvgIpc) is 1.68. The third kappa shape index (κ3) is 22.0. The first-order chi connectivity index (χ1) is 46.8. The van der Waals surface area contributed by atoms with Gasteiger partial charge < -0.3 is 41.0 Å². The maximum absolute atomic E-state index is 13.2. The van der Waals surface area contributed by atoms with Crippen molar-refractivity contribution in [1.82, 2.24) is 40.7 Å². The van der Waals surface area contributed by atoms with E-state index < -0.39 is 46.8 Å². The molecule has 5 N–H and O–H groups in total. The maximum atomic E-state index is 13.2. The highest BCUT2D eigenvalue weighted by molar-refractivity contribution is 5.74. The molecule has 3 unspecified atom stereocenters. The van der Waals surface area contributed by atoms with Gasteiger partial charge in [0.25, 0.3) is 0 Å². The Morgan fingerprint density at radius 1 is 0.495 bits per heavy atom. The summed E-state index contributed by atoms with van der Waals surface area (Å²) in [6.07, 6.45) is 3.48. The van der Waals surface area contributed by atoms with Crippen LogP contribution in [-0.4, -0.2) is 112 Å². The molecular formula is C76H94F9N9O5. The highest BCUT2D eigenvalue weighted by atomic mass is 19.4. The average molecular weight is 1380 g/mol. The summed E-state index contributed by atoms with van der Waals surface area (Å²) in [5.74, 6) is 1.37. The van der Waals surface area contributed by atoms with Gasteiger partial charge in [0.15, 0.2) is 6.29 Å². The van der Waals surface area contributed by atoms with Gasteiger partial charge in [-0.3, -0.25) is 19.7 Å². The fourth-order valence-corrected chi connectivity index (χ4v) is 13.2. The summed E-state index contributed by atoms with van der Waals surface area (Å²) in [6.45, 7) is 16.9. The van der Waals surface area contributed by atoms with Gasteiger partial charge >= 0.3 is 30.7 Å². The SMILES string of the molecule is CC(C)(C)OC(=O)N(CC1(CN)CCC1)[C@H]1CC1c1ccccc1.CC(C)(C)OC(=O)N(CC1(CNCc2ccc(C(F)(F)F)nc2)CCC1)[C@H]1CC1c1ccccc1.FC(F)(F)c1ccc(CNCC2(CN[C@H]3CC3c3ccccc3)CCC2)cn1.O=Cc1ccc(C(F)(F)F)nc1. The summed E-state index contributed by atoms with van der Waals surface area (Å²) >= 11 is 0. The summed E-state index contributed by atoms with van der Waals surface area (Å²) < 4.78 is 123. The molecular weight excluding hydrogens is 1290 g/mol. The Balaban J connectivity index is 0.000000162. The predicted molar refractivity (Wildman–Crippen MR) is 361 cm³/mol. The number of nitrogens with two attached hydrogens (primary N) is 1. The molecule has 12 rings (SSSR count). The monoisotopic (exact) mass is 1380 g/mol. The van der Waals surface area contributed by atoms with Crippen LogP contribution in [0.25, 0.3) is 0 Å². The molecule has 3 aromatic heterocycles. The molecule has 6 fully saturated rings. The van der Waals surface area contributed by atoms with Gasteiger partial charge in [-0.1, -0.05) is 122 Å². The van der Waals surface area contributed by atoms with Crippen LogP contribution in [-0.2, 0) is 41.1 Å². The summed E-state index contributed by atoms with van der Waals surface area (Å²) in [4.78, 5) is 50.1. The van der Waals surface area contributed by atoms with Crippen molar-refractivity contribution in [2.24, 2.45) is 22.0 Å². The van der Waals surface area contributed by atoms with Gasteiger partial charge in [-0.15, -0.1) is 0 Å². The Hall–Kier alpha value is -7.47. The second-order valence-corrected chi connectivity index (χ2v) is 29.8. The van der Waals surface area contributed by atoms with Crippen LogP contribution in [0.15, 0.2) is 146 Å². The number of amides is 2. The van der Waals surface area contributed by atoms with Gasteiger partial charge in [0.05, 0.1) is 0 Å². The standard InChI is InChI=1S/C27H34F3N3O2.C22H26F3N3.C20H30N2O2.C7H4F3NO/c1-25(2,3)35-24(34)33(22-14-21(22)20-8-5-4-6-9-20)18-26(12-7-13-26)17-31-15-19-10-11-23(32-16-19)27(28,29)30;23-22(24,25)20-8-7-16(13-27-20)12-26-14-21(9-4-10-21)15-28-19-11-18(19)17-5-2-1-3-6-17;1-19(2,3)24-18(23)22(14-20(13-21)10-7-11-20)17-12-16(17)15-8-5-4-6-9-15;8-7(9,10)6-2-1-5(4-12)3-11-6/h4-6,8-11,16,21-22,31H,7,12-15,17-18H2,1-3H3;1-3,5-8,13,18-19,26,28H,4,9-12,14-15H2;4-6,8-9,16-17H,7,10-14,21H2,1-3H3;1-4H/t21?,22-;18?,19-;16?,17-;/m000./s1. The number of hydrogen-bond acceptors (Lipinski definition) is 12. The normalized spacial score (nSPS) is 21.5. The number of hydrogen-bond donors (Lipinski definition) is 4. The van der Waals surface area contributed by atoms with Crippen LogP contribution in [0.3, 0.4) is 0 Å². The van der Waals surface area contributed by atoms with Crippen LogP contribution < -0.4 is 21.7 Å². The van der Waals surface area contributed by atoms with Gasteiger partial charge in [0, 0.05) is 117 Å². The first kappa shape index (κ1) is 75.7. The van der Waals surface area contributed by atoms with Crippen LogP contribution in [0.1, 0.15) is 192 Å². The van der Waals surface area contributed by atoms with Crippen LogP contribution >= 0.6 is 0 Å². The predicted octanol–water partition coefficient (Wildman–Crippen LogP) is 16.5. The highest BCUT2D eigenvalue weighted by Gasteiger charge is 2.52. The van der Waals surface area contributed by atoms with Gasteiger partial charge in [0.1, 0.15) is 28.3 Å². The van der Waals surface area contributed by atoms with E-state index in [1.165, 1.54) is 73.3 Å². The first-order valence-electron chi connectivity index (χ1n) is 34.3. The molecule has 536 valence electrons. The number of alkyl halides is 9. The number of pyridine rings is 3. The molecule has 6 aliphatic rings. The van der Waals surface area contributed by atoms with Gasteiger partial charge in [-0.2, -0.15) is 39.5 Å². The summed E-state index contributed by atoms with van der Waals surface area (Å²) in [5, 5.41) is 10.6. The number of aromatic nitrogens is 3. The lowest BCUT2D eigenvalue weighted by Crippen LogP contribution is -2.51. The molecule has 3 heterocycles. The molecule has 99 heavy (non-hydrogen) atoms. The lowest BCUT2D eigenvalue weighted by atomic mass is 9.68. The number of ether oxygens (including phenoxy) is 2. The Bertz CT molecular complexity index is 3520.